The summed E-state index contributed by atoms with van der Waals surface area (Å²) >= 11 is 0. The molecule has 0 radical (unpaired) electrons. The van der Waals surface area contributed by atoms with Gasteiger partial charge in [-0.3, -0.25) is 29.3 Å². The minimum Gasteiger partial charge on any atom is -0.480 e. The molecule has 2 atom stereocenters. The number of fused-ring (bicyclic) bond motifs is 3. The number of rotatable bonds is 11. The van der Waals surface area contributed by atoms with E-state index in [2.05, 4.69) is 43.5 Å². The topological polar surface area (TPSA) is 214 Å². The lowest BCUT2D eigenvalue weighted by molar-refractivity contribution is -0.140. The van der Waals surface area contributed by atoms with Gasteiger partial charge in [0.25, 0.3) is 5.91 Å². The molecule has 5 aliphatic rings. The third-order valence-corrected chi connectivity index (χ3v) is 11.2. The van der Waals surface area contributed by atoms with Crippen molar-refractivity contribution in [2.75, 3.05) is 44.6 Å². The summed E-state index contributed by atoms with van der Waals surface area (Å²) < 4.78 is 27.2. The first kappa shape index (κ1) is 36.3. The zero-order valence-electron chi connectivity index (χ0n) is 27.7. The molecule has 7 rings (SSSR count). The molecule has 2 aromatic carbocycles. The lowest BCUT2D eigenvalue weighted by Crippen LogP contribution is -2.56. The molecule has 1 aliphatic carbocycles. The first-order valence-corrected chi connectivity index (χ1v) is 18.1. The normalized spacial score (nSPS) is 21.8. The zero-order chi connectivity index (χ0) is 35.7. The van der Waals surface area contributed by atoms with Crippen LogP contribution in [0.3, 0.4) is 0 Å². The van der Waals surface area contributed by atoms with Crippen molar-refractivity contribution < 1.29 is 32.7 Å². The third-order valence-electron chi connectivity index (χ3n) is 9.12. The first-order valence-electron chi connectivity index (χ1n) is 16.6. The van der Waals surface area contributed by atoms with Crippen LogP contribution in [0.25, 0.3) is 0 Å². The standard InChI is InChI=1S/C19H24N8O5.C14H19NO2S/c28-11-25-14(17(31)32)9-23-15(29)10-24-16(30)12-2-1-3-13(8-12)26-19-22-6-7-27(19)18-20-4-5-21-18;1-11-12-7-9-13(10-8-12)15(11)18(16,17)14-5-3-2-4-6-14/h1-3,8,11,14H,4-7,9-10H2,(H,20,21)(H,22,26)(H,23,29)(H,24,30)(H,25,28)(H,31,32);2-6,11-13H,7-10H2,1H3. The molecule has 2 unspecified atom stereocenters. The quantitative estimate of drug-likeness (QED) is 0.177. The van der Waals surface area contributed by atoms with Crippen LogP contribution in [0.5, 0.6) is 0 Å². The molecule has 0 spiro atoms. The number of carboxylic acids is 1. The molecule has 2 saturated heterocycles. The van der Waals surface area contributed by atoms with E-state index < -0.39 is 33.8 Å². The van der Waals surface area contributed by atoms with Crippen molar-refractivity contribution in [1.29, 1.82) is 0 Å². The summed E-state index contributed by atoms with van der Waals surface area (Å²) in [6, 6.07) is 14.7. The van der Waals surface area contributed by atoms with E-state index in [0.717, 1.165) is 25.3 Å². The lowest BCUT2D eigenvalue weighted by Gasteiger charge is -2.49. The van der Waals surface area contributed by atoms with Crippen LogP contribution in [0.1, 0.15) is 43.0 Å². The number of carbonyl (C=O) groups excluding carboxylic acids is 3. The predicted molar refractivity (Wildman–Crippen MR) is 186 cm³/mol. The second-order valence-corrected chi connectivity index (χ2v) is 14.2. The van der Waals surface area contributed by atoms with Crippen LogP contribution in [-0.4, -0.2) is 116 Å². The number of anilines is 1. The number of guanidine groups is 2. The van der Waals surface area contributed by atoms with Crippen molar-refractivity contribution in [3.8, 4) is 0 Å². The SMILES string of the molecule is CC1C2CCC(CC2)N1S(=O)(=O)c1ccccc1.O=CNC(CNC(=O)CNC(=O)c1cccc(NC2=NCCN2C2=NCCN2)c1)C(=O)O. The predicted octanol–water partition coefficient (Wildman–Crippen LogP) is 0.413. The Hall–Kier alpha value is -5.03. The molecule has 0 aromatic heterocycles. The van der Waals surface area contributed by atoms with Gasteiger partial charge in [-0.05, 0) is 68.9 Å². The van der Waals surface area contributed by atoms with Gasteiger partial charge in [0.1, 0.15) is 6.04 Å². The number of amides is 3. The van der Waals surface area contributed by atoms with Crippen LogP contribution >= 0.6 is 0 Å². The zero-order valence-corrected chi connectivity index (χ0v) is 28.6. The molecular weight excluding hydrogens is 666 g/mol. The average Bonchev–Trinajstić information content (AvgIpc) is 3.83. The highest BCUT2D eigenvalue weighted by Crippen LogP contribution is 2.42. The number of sulfonamides is 1. The van der Waals surface area contributed by atoms with Gasteiger partial charge in [0.05, 0.1) is 24.5 Å². The number of carbonyl (C=O) groups is 4. The van der Waals surface area contributed by atoms with Crippen molar-refractivity contribution in [2.24, 2.45) is 15.9 Å². The summed E-state index contributed by atoms with van der Waals surface area (Å²) in [5.74, 6) is -0.404. The maximum absolute atomic E-state index is 12.7. The molecule has 4 heterocycles. The number of hydrogen-bond donors (Lipinski definition) is 6. The van der Waals surface area contributed by atoms with E-state index in [-0.39, 0.29) is 31.6 Å². The molecule has 4 aliphatic heterocycles. The highest BCUT2D eigenvalue weighted by molar-refractivity contribution is 7.89. The molecular formula is C33H43N9O7S. The second-order valence-electron chi connectivity index (χ2n) is 12.3. The summed E-state index contributed by atoms with van der Waals surface area (Å²) in [5, 5.41) is 22.2. The number of nitrogens with zero attached hydrogens (tertiary/aromatic N) is 4. The Morgan fingerprint density at radius 2 is 1.78 bits per heavy atom. The van der Waals surface area contributed by atoms with E-state index in [1.807, 2.05) is 11.0 Å². The molecule has 16 nitrogen and oxygen atoms in total. The Morgan fingerprint density at radius 1 is 1.02 bits per heavy atom. The van der Waals surface area contributed by atoms with Crippen molar-refractivity contribution in [2.45, 2.75) is 55.6 Å². The van der Waals surface area contributed by atoms with Crippen LogP contribution in [0.4, 0.5) is 5.69 Å². The summed E-state index contributed by atoms with van der Waals surface area (Å²) in [5.41, 5.74) is 0.978. The average molecular weight is 710 g/mol. The maximum atomic E-state index is 12.7. The van der Waals surface area contributed by atoms with Crippen LogP contribution in [-0.2, 0) is 24.4 Å². The molecule has 3 amide bonds. The molecule has 2 aromatic rings. The number of aliphatic carboxylic acids is 1. The number of nitrogens with one attached hydrogen (secondary N) is 5. The van der Waals surface area contributed by atoms with E-state index in [1.165, 1.54) is 12.8 Å². The number of piperidine rings is 2. The summed E-state index contributed by atoms with van der Waals surface area (Å²) in [6.45, 7) is 4.24. The highest BCUT2D eigenvalue weighted by Gasteiger charge is 2.45. The molecule has 268 valence electrons. The van der Waals surface area contributed by atoms with Gasteiger partial charge in [-0.2, -0.15) is 4.31 Å². The third kappa shape index (κ3) is 8.76. The maximum Gasteiger partial charge on any atom is 0.328 e. The smallest absolute Gasteiger partial charge is 0.328 e. The molecule has 6 N–H and O–H groups in total. The minimum atomic E-state index is -3.31. The number of carboxylic acid groups (broad SMARTS) is 1. The van der Waals surface area contributed by atoms with E-state index in [4.69, 9.17) is 5.11 Å². The largest absolute Gasteiger partial charge is 0.480 e. The van der Waals surface area contributed by atoms with Crippen molar-refractivity contribution >= 4 is 51.8 Å². The molecule has 2 bridgehead atoms. The van der Waals surface area contributed by atoms with E-state index in [1.54, 1.807) is 52.8 Å². The summed E-state index contributed by atoms with van der Waals surface area (Å²) in [6.07, 6.45) is 4.67. The monoisotopic (exact) mass is 709 g/mol. The summed E-state index contributed by atoms with van der Waals surface area (Å²) in [4.78, 5) is 56.8. The van der Waals surface area contributed by atoms with Crippen molar-refractivity contribution in [1.82, 2.24) is 30.5 Å². The number of aliphatic imine (C=N–C) groups is 2. The van der Waals surface area contributed by atoms with E-state index in [0.29, 0.717) is 47.7 Å². The van der Waals surface area contributed by atoms with Gasteiger partial charge in [-0.1, -0.05) is 24.3 Å². The molecule has 1 saturated carbocycles. The number of hydrogen-bond acceptors (Lipinski definition) is 11. The Bertz CT molecular complexity index is 1710. The van der Waals surface area contributed by atoms with Crippen LogP contribution in [0.15, 0.2) is 69.5 Å². The van der Waals surface area contributed by atoms with E-state index in [9.17, 15) is 27.6 Å². The fourth-order valence-electron chi connectivity index (χ4n) is 6.54. The van der Waals surface area contributed by atoms with Gasteiger partial charge < -0.3 is 31.7 Å². The van der Waals surface area contributed by atoms with Gasteiger partial charge in [-0.15, -0.1) is 0 Å². The highest BCUT2D eigenvalue weighted by atomic mass is 32.2. The van der Waals surface area contributed by atoms with E-state index >= 15 is 0 Å². The molecule has 50 heavy (non-hydrogen) atoms. The lowest BCUT2D eigenvalue weighted by atomic mass is 9.77. The molecule has 17 heteroatoms. The summed E-state index contributed by atoms with van der Waals surface area (Å²) in [7, 11) is -3.31. The Labute approximate surface area is 290 Å². The fraction of sp³-hybridized carbons (Fsp3) is 0.455. The first-order chi connectivity index (χ1) is 24.1. The van der Waals surface area contributed by atoms with Gasteiger partial charge in [0, 0.05) is 43.0 Å². The Balaban J connectivity index is 0.000000226. The second kappa shape index (κ2) is 16.6. The van der Waals surface area contributed by atoms with Crippen LogP contribution in [0.2, 0.25) is 0 Å². The van der Waals surface area contributed by atoms with Crippen LogP contribution in [0, 0.1) is 5.92 Å². The fourth-order valence-corrected chi connectivity index (χ4v) is 8.50. The Kier molecular flexibility index (Phi) is 12.0. The Morgan fingerprint density at radius 3 is 2.44 bits per heavy atom. The van der Waals surface area contributed by atoms with Crippen LogP contribution < -0.4 is 26.6 Å². The number of benzene rings is 2. The van der Waals surface area contributed by atoms with Gasteiger partial charge in [0.15, 0.2) is 0 Å². The minimum absolute atomic E-state index is 0.155. The van der Waals surface area contributed by atoms with Crippen molar-refractivity contribution in [3.05, 3.63) is 60.2 Å². The van der Waals surface area contributed by atoms with Crippen molar-refractivity contribution in [3.63, 3.8) is 0 Å². The molecule has 3 fully saturated rings. The van der Waals surface area contributed by atoms with Gasteiger partial charge >= 0.3 is 5.97 Å². The van der Waals surface area contributed by atoms with Gasteiger partial charge in [-0.25, -0.2) is 13.2 Å². The van der Waals surface area contributed by atoms with Gasteiger partial charge in [0.2, 0.25) is 34.3 Å².